The molecule has 0 atom stereocenters. The predicted octanol–water partition coefficient (Wildman–Crippen LogP) is 14.7. The average molecular weight is 717 g/mol. The maximum Gasteiger partial charge on any atom is 0.0582 e. The molecule has 2 nitrogen and oxygen atoms in total. The molecular weight excluding hydrogens is 677 g/mol. The van der Waals surface area contributed by atoms with E-state index in [1.54, 1.807) is 0 Å². The van der Waals surface area contributed by atoms with Crippen LogP contribution in [0.3, 0.4) is 0 Å². The predicted molar refractivity (Wildman–Crippen MR) is 238 cm³/mol. The van der Waals surface area contributed by atoms with E-state index in [1.807, 2.05) is 0 Å². The normalized spacial score (nSPS) is 14.7. The first-order chi connectivity index (χ1) is 27.3. The van der Waals surface area contributed by atoms with Gasteiger partial charge < -0.3 is 9.47 Å². The van der Waals surface area contributed by atoms with Crippen molar-refractivity contribution in [1.82, 2.24) is 4.57 Å². The van der Waals surface area contributed by atoms with Gasteiger partial charge in [0.1, 0.15) is 0 Å². The Labute approximate surface area is 326 Å². The van der Waals surface area contributed by atoms with Crippen molar-refractivity contribution in [2.24, 2.45) is 0 Å². The molecule has 0 saturated carbocycles. The Kier molecular flexibility index (Phi) is 6.22. The lowest BCUT2D eigenvalue weighted by Gasteiger charge is -2.42. The monoisotopic (exact) mass is 716 g/mol. The fourth-order valence-electron chi connectivity index (χ4n) is 10.3. The number of benzene rings is 9. The molecule has 0 radical (unpaired) electrons. The van der Waals surface area contributed by atoms with Crippen LogP contribution in [0.5, 0.6) is 0 Å². The van der Waals surface area contributed by atoms with Crippen LogP contribution < -0.4 is 4.90 Å². The minimum atomic E-state index is -0.154. The Balaban J connectivity index is 1.03. The third-order valence-electron chi connectivity index (χ3n) is 13.2. The van der Waals surface area contributed by atoms with E-state index in [2.05, 4.69) is 207 Å². The molecule has 0 unspecified atom stereocenters. The average Bonchev–Trinajstić information content (AvgIpc) is 3.56. The van der Waals surface area contributed by atoms with Gasteiger partial charge >= 0.3 is 0 Å². The van der Waals surface area contributed by atoms with Gasteiger partial charge in [0.25, 0.3) is 0 Å². The van der Waals surface area contributed by atoms with Gasteiger partial charge in [-0.05, 0) is 120 Å². The molecule has 3 heterocycles. The summed E-state index contributed by atoms with van der Waals surface area (Å²) in [6, 6.07) is 63.6. The van der Waals surface area contributed by atoms with E-state index in [0.29, 0.717) is 0 Å². The molecule has 0 bridgehead atoms. The fourth-order valence-corrected chi connectivity index (χ4v) is 10.3. The van der Waals surface area contributed by atoms with Crippen LogP contribution in [0.25, 0.3) is 70.9 Å². The van der Waals surface area contributed by atoms with Crippen molar-refractivity contribution in [2.75, 3.05) is 4.90 Å². The van der Waals surface area contributed by atoms with Crippen LogP contribution >= 0.6 is 0 Å². The highest BCUT2D eigenvalue weighted by Crippen LogP contribution is 2.56. The molecule has 0 N–H and O–H groups in total. The zero-order chi connectivity index (χ0) is 37.5. The summed E-state index contributed by atoms with van der Waals surface area (Å²) in [7, 11) is 0. The molecule has 0 saturated heterocycles. The summed E-state index contributed by atoms with van der Waals surface area (Å²) in [5.41, 5.74) is 15.5. The van der Waals surface area contributed by atoms with E-state index in [4.69, 9.17) is 0 Å². The number of fused-ring (bicyclic) bond motifs is 4. The molecule has 56 heavy (non-hydrogen) atoms. The third-order valence-corrected chi connectivity index (χ3v) is 13.2. The van der Waals surface area contributed by atoms with E-state index in [1.165, 1.54) is 93.2 Å². The van der Waals surface area contributed by atoms with Crippen molar-refractivity contribution in [3.63, 3.8) is 0 Å². The Morgan fingerprint density at radius 1 is 0.357 bits per heavy atom. The van der Waals surface area contributed by atoms with Crippen LogP contribution in [0.4, 0.5) is 17.1 Å². The molecule has 12 rings (SSSR count). The van der Waals surface area contributed by atoms with Crippen molar-refractivity contribution < 1.29 is 0 Å². The molecule has 0 amide bonds. The van der Waals surface area contributed by atoms with Gasteiger partial charge in [-0.3, -0.25) is 0 Å². The van der Waals surface area contributed by atoms with E-state index in [0.717, 1.165) is 17.1 Å². The second kappa shape index (κ2) is 11.0. The van der Waals surface area contributed by atoms with E-state index >= 15 is 0 Å². The molecule has 2 aliphatic heterocycles. The molecule has 266 valence electrons. The van der Waals surface area contributed by atoms with Gasteiger partial charge in [0.2, 0.25) is 0 Å². The highest BCUT2D eigenvalue weighted by molar-refractivity contribution is 6.15. The van der Waals surface area contributed by atoms with Crippen molar-refractivity contribution in [3.8, 4) is 16.8 Å². The standard InChI is InChI=1S/C54H40N2/c1-53(2)46-16-9-15-44-45-31-40(32-49-51(45)56(50(44)46)52-47(53)17-10-18-48(52)54(49,3)4)38-19-20-39-30-43(26-23-37(39)27-38)55(41-24-21-33-11-5-7-13-35(33)28-41)42-25-22-34-12-6-8-14-36(34)29-42/h5-32H,1-4H3. The van der Waals surface area contributed by atoms with Gasteiger partial charge in [-0.25, -0.2) is 0 Å². The summed E-state index contributed by atoms with van der Waals surface area (Å²) in [6.07, 6.45) is 0. The number of hydrogen-bond donors (Lipinski definition) is 0. The van der Waals surface area contributed by atoms with Gasteiger partial charge in [-0.1, -0.05) is 143 Å². The lowest BCUT2D eigenvalue weighted by Crippen LogP contribution is -2.33. The smallest absolute Gasteiger partial charge is 0.0582 e. The summed E-state index contributed by atoms with van der Waals surface area (Å²) in [4.78, 5) is 2.40. The molecule has 1 aromatic heterocycles. The first kappa shape index (κ1) is 31.7. The van der Waals surface area contributed by atoms with E-state index in [9.17, 15) is 0 Å². The number of hydrogen-bond acceptors (Lipinski definition) is 1. The van der Waals surface area contributed by atoms with Crippen LogP contribution in [0.2, 0.25) is 0 Å². The van der Waals surface area contributed by atoms with Crippen molar-refractivity contribution in [2.45, 2.75) is 38.5 Å². The molecular formula is C54H40N2. The maximum absolute atomic E-state index is 2.61. The maximum atomic E-state index is 2.61. The Hall–Kier alpha value is -6.64. The third kappa shape index (κ3) is 4.22. The SMILES string of the molecule is CC1(C)c2cccc3c2-n2c4c1cccc4c1cc(-c4ccc5cc(N(c6ccc7ccccc7c6)c6ccc7ccccc7c6)ccc5c4)cc(c12)C3(C)C. The summed E-state index contributed by atoms with van der Waals surface area (Å²) in [6.45, 7) is 9.64. The summed E-state index contributed by atoms with van der Waals surface area (Å²) in [5, 5.41) is 10.1. The van der Waals surface area contributed by atoms with Crippen molar-refractivity contribution >= 4 is 71.2 Å². The fraction of sp³-hybridized carbons (Fsp3) is 0.111. The molecule has 0 aliphatic carbocycles. The molecule has 2 heteroatoms. The van der Waals surface area contributed by atoms with E-state index < -0.39 is 0 Å². The van der Waals surface area contributed by atoms with Gasteiger partial charge in [0, 0.05) is 38.7 Å². The highest BCUT2D eigenvalue weighted by atomic mass is 15.1. The molecule has 9 aromatic carbocycles. The molecule has 0 fully saturated rings. The number of para-hydroxylation sites is 2. The Morgan fingerprint density at radius 2 is 0.839 bits per heavy atom. The highest BCUT2D eigenvalue weighted by Gasteiger charge is 2.43. The number of nitrogens with zero attached hydrogens (tertiary/aromatic N) is 2. The second-order valence-corrected chi connectivity index (χ2v) is 17.1. The van der Waals surface area contributed by atoms with Crippen molar-refractivity contribution in [3.05, 3.63) is 192 Å². The van der Waals surface area contributed by atoms with Gasteiger partial charge in [0.05, 0.1) is 16.7 Å². The molecule has 2 aliphatic rings. The number of rotatable bonds is 4. The summed E-state index contributed by atoms with van der Waals surface area (Å²) < 4.78 is 2.61. The van der Waals surface area contributed by atoms with Crippen LogP contribution in [0.15, 0.2) is 170 Å². The van der Waals surface area contributed by atoms with E-state index in [-0.39, 0.29) is 10.8 Å². The number of anilines is 3. The second-order valence-electron chi connectivity index (χ2n) is 17.1. The summed E-state index contributed by atoms with van der Waals surface area (Å²) >= 11 is 0. The zero-order valence-electron chi connectivity index (χ0n) is 32.1. The quantitative estimate of drug-likeness (QED) is 0.176. The van der Waals surface area contributed by atoms with Gasteiger partial charge in [-0.2, -0.15) is 0 Å². The summed E-state index contributed by atoms with van der Waals surface area (Å²) in [5.74, 6) is 0. The minimum absolute atomic E-state index is 0.0823. The molecule has 10 aromatic rings. The lowest BCUT2D eigenvalue weighted by molar-refractivity contribution is 0.594. The van der Waals surface area contributed by atoms with Crippen LogP contribution in [0, 0.1) is 0 Å². The first-order valence-corrected chi connectivity index (χ1v) is 19.8. The van der Waals surface area contributed by atoms with Crippen LogP contribution in [-0.4, -0.2) is 4.57 Å². The molecule has 0 spiro atoms. The Morgan fingerprint density at radius 3 is 1.48 bits per heavy atom. The first-order valence-electron chi connectivity index (χ1n) is 19.8. The topological polar surface area (TPSA) is 8.17 Å². The minimum Gasteiger partial charge on any atom is -0.310 e. The Bertz CT molecular complexity index is 3240. The lowest BCUT2D eigenvalue weighted by atomic mass is 9.68. The van der Waals surface area contributed by atoms with Gasteiger partial charge in [-0.15, -0.1) is 0 Å². The van der Waals surface area contributed by atoms with Gasteiger partial charge in [0.15, 0.2) is 0 Å². The van der Waals surface area contributed by atoms with Crippen LogP contribution in [0.1, 0.15) is 49.9 Å². The largest absolute Gasteiger partial charge is 0.310 e. The number of aromatic nitrogens is 1. The van der Waals surface area contributed by atoms with Crippen LogP contribution in [-0.2, 0) is 10.8 Å². The zero-order valence-corrected chi connectivity index (χ0v) is 32.1. The van der Waals surface area contributed by atoms with Crippen molar-refractivity contribution in [1.29, 1.82) is 0 Å².